The van der Waals surface area contributed by atoms with Gasteiger partial charge in [0, 0.05) is 63.4 Å². The molecule has 1 N–H and O–H groups in total. The molecule has 1 saturated heterocycles. The SMILES string of the molecule is CCNC(=NCCN1c2ccccc2CC1C)N1CCN(c2ncccn2)CC1. The van der Waals surface area contributed by atoms with Gasteiger partial charge < -0.3 is 20.0 Å². The number of anilines is 2. The molecule has 0 aliphatic carbocycles. The zero-order valence-electron chi connectivity index (χ0n) is 17.5. The molecular weight excluding hydrogens is 362 g/mol. The molecule has 0 spiro atoms. The first-order chi connectivity index (χ1) is 14.3. The minimum Gasteiger partial charge on any atom is -0.366 e. The first-order valence-electron chi connectivity index (χ1n) is 10.7. The molecule has 1 unspecified atom stereocenters. The van der Waals surface area contributed by atoms with Crippen LogP contribution in [0.15, 0.2) is 47.7 Å². The van der Waals surface area contributed by atoms with Gasteiger partial charge in [-0.2, -0.15) is 0 Å². The molecule has 154 valence electrons. The summed E-state index contributed by atoms with van der Waals surface area (Å²) in [6.07, 6.45) is 4.74. The number of fused-ring (bicyclic) bond motifs is 1. The van der Waals surface area contributed by atoms with Crippen LogP contribution in [0.2, 0.25) is 0 Å². The maximum atomic E-state index is 4.95. The molecule has 1 aromatic heterocycles. The number of guanidine groups is 1. The van der Waals surface area contributed by atoms with Crippen molar-refractivity contribution in [3.05, 3.63) is 48.3 Å². The van der Waals surface area contributed by atoms with Gasteiger partial charge in [-0.15, -0.1) is 0 Å². The predicted molar refractivity (Wildman–Crippen MR) is 119 cm³/mol. The molecule has 0 amide bonds. The minimum atomic E-state index is 0.541. The summed E-state index contributed by atoms with van der Waals surface area (Å²) in [5.74, 6) is 1.83. The summed E-state index contributed by atoms with van der Waals surface area (Å²) in [5.41, 5.74) is 2.83. The Morgan fingerprint density at radius 3 is 2.62 bits per heavy atom. The van der Waals surface area contributed by atoms with Crippen LogP contribution in [0.5, 0.6) is 0 Å². The highest BCUT2D eigenvalue weighted by atomic mass is 15.4. The summed E-state index contributed by atoms with van der Waals surface area (Å²) in [6, 6.07) is 11.1. The van der Waals surface area contributed by atoms with E-state index in [1.54, 1.807) is 12.4 Å². The van der Waals surface area contributed by atoms with Crippen LogP contribution >= 0.6 is 0 Å². The molecule has 2 aliphatic heterocycles. The zero-order valence-corrected chi connectivity index (χ0v) is 17.5. The molecule has 1 atom stereocenters. The van der Waals surface area contributed by atoms with Gasteiger partial charge in [0.2, 0.25) is 5.95 Å². The van der Waals surface area contributed by atoms with Gasteiger partial charge in [-0.05, 0) is 38.0 Å². The largest absolute Gasteiger partial charge is 0.366 e. The van der Waals surface area contributed by atoms with E-state index >= 15 is 0 Å². The average Bonchev–Trinajstić information content (AvgIpc) is 3.09. The first kappa shape index (κ1) is 19.5. The second kappa shape index (κ2) is 9.11. The number of hydrogen-bond acceptors (Lipinski definition) is 5. The van der Waals surface area contributed by atoms with E-state index in [-0.39, 0.29) is 0 Å². The van der Waals surface area contributed by atoms with Crippen LogP contribution in [-0.4, -0.2) is 72.7 Å². The Labute approximate surface area is 173 Å². The number of aliphatic imine (C=N–C) groups is 1. The highest BCUT2D eigenvalue weighted by Crippen LogP contribution is 2.31. The van der Waals surface area contributed by atoms with Crippen LogP contribution in [0.4, 0.5) is 11.6 Å². The summed E-state index contributed by atoms with van der Waals surface area (Å²) in [4.78, 5) is 20.8. The molecule has 0 saturated carbocycles. The average molecular weight is 394 g/mol. The number of nitrogens with zero attached hydrogens (tertiary/aromatic N) is 6. The summed E-state index contributed by atoms with van der Waals surface area (Å²) < 4.78 is 0. The number of hydrogen-bond donors (Lipinski definition) is 1. The lowest BCUT2D eigenvalue weighted by molar-refractivity contribution is 0.370. The number of benzene rings is 1. The Morgan fingerprint density at radius 2 is 1.86 bits per heavy atom. The van der Waals surface area contributed by atoms with E-state index in [2.05, 4.69) is 68.1 Å². The maximum Gasteiger partial charge on any atom is 0.225 e. The lowest BCUT2D eigenvalue weighted by Gasteiger charge is -2.36. The fraction of sp³-hybridized carbons (Fsp3) is 0.500. The van der Waals surface area contributed by atoms with Crippen molar-refractivity contribution < 1.29 is 0 Å². The Bertz CT molecular complexity index is 815. The Morgan fingerprint density at radius 1 is 1.10 bits per heavy atom. The van der Waals surface area contributed by atoms with Crippen LogP contribution in [0.1, 0.15) is 19.4 Å². The molecule has 0 radical (unpaired) electrons. The van der Waals surface area contributed by atoms with E-state index in [9.17, 15) is 0 Å². The van der Waals surface area contributed by atoms with E-state index < -0.39 is 0 Å². The van der Waals surface area contributed by atoms with Crippen LogP contribution in [0.25, 0.3) is 0 Å². The van der Waals surface area contributed by atoms with Crippen molar-refractivity contribution in [1.29, 1.82) is 0 Å². The Kier molecular flexibility index (Phi) is 6.12. The molecule has 29 heavy (non-hydrogen) atoms. The minimum absolute atomic E-state index is 0.541. The number of nitrogens with one attached hydrogen (secondary N) is 1. The number of piperazine rings is 1. The van der Waals surface area contributed by atoms with Crippen molar-refractivity contribution >= 4 is 17.6 Å². The summed E-state index contributed by atoms with van der Waals surface area (Å²) in [5, 5.41) is 3.47. The molecule has 0 bridgehead atoms. The third kappa shape index (κ3) is 4.44. The van der Waals surface area contributed by atoms with Crippen molar-refractivity contribution in [2.75, 3.05) is 55.6 Å². The Hall–Kier alpha value is -2.83. The molecule has 2 aliphatic rings. The van der Waals surface area contributed by atoms with Gasteiger partial charge in [-0.25, -0.2) is 9.97 Å². The van der Waals surface area contributed by atoms with E-state index in [4.69, 9.17) is 4.99 Å². The van der Waals surface area contributed by atoms with Gasteiger partial charge in [0.1, 0.15) is 0 Å². The standard InChI is InChI=1S/C22H31N7/c1-3-23-21(27-13-15-28(16-14-27)22-24-9-6-10-25-22)26-11-12-29-18(2)17-19-7-4-5-8-20(19)29/h4-10,18H,3,11-17H2,1-2H3,(H,23,26). The smallest absolute Gasteiger partial charge is 0.225 e. The molecule has 1 fully saturated rings. The van der Waals surface area contributed by atoms with Crippen LogP contribution in [0, 0.1) is 0 Å². The summed E-state index contributed by atoms with van der Waals surface area (Å²) in [6.45, 7) is 10.7. The van der Waals surface area contributed by atoms with Crippen LogP contribution in [0.3, 0.4) is 0 Å². The van der Waals surface area contributed by atoms with Gasteiger partial charge >= 0.3 is 0 Å². The van der Waals surface area contributed by atoms with Gasteiger partial charge in [0.05, 0.1) is 6.54 Å². The molecule has 2 aromatic rings. The molecule has 4 rings (SSSR count). The predicted octanol–water partition coefficient (Wildman–Crippen LogP) is 2.02. The van der Waals surface area contributed by atoms with E-state index in [0.29, 0.717) is 6.04 Å². The molecule has 7 nitrogen and oxygen atoms in total. The topological polar surface area (TPSA) is 59.9 Å². The first-order valence-corrected chi connectivity index (χ1v) is 10.7. The lowest BCUT2D eigenvalue weighted by atomic mass is 10.1. The quantitative estimate of drug-likeness (QED) is 0.620. The summed E-state index contributed by atoms with van der Waals surface area (Å²) in [7, 11) is 0. The number of rotatable bonds is 5. The van der Waals surface area contributed by atoms with Crippen molar-refractivity contribution in [1.82, 2.24) is 20.2 Å². The monoisotopic (exact) mass is 393 g/mol. The Balaban J connectivity index is 1.35. The van der Waals surface area contributed by atoms with Crippen molar-refractivity contribution in [3.8, 4) is 0 Å². The molecule has 3 heterocycles. The van der Waals surface area contributed by atoms with E-state index in [1.807, 2.05) is 6.07 Å². The second-order valence-corrected chi connectivity index (χ2v) is 7.63. The van der Waals surface area contributed by atoms with Gasteiger partial charge in [-0.3, -0.25) is 4.99 Å². The van der Waals surface area contributed by atoms with E-state index in [1.165, 1.54) is 11.3 Å². The van der Waals surface area contributed by atoms with Crippen molar-refractivity contribution in [2.45, 2.75) is 26.3 Å². The summed E-state index contributed by atoms with van der Waals surface area (Å²) >= 11 is 0. The molecule has 1 aromatic carbocycles. The highest BCUT2D eigenvalue weighted by molar-refractivity contribution is 5.80. The molecular formula is C22H31N7. The lowest BCUT2D eigenvalue weighted by Crippen LogP contribution is -2.53. The fourth-order valence-corrected chi connectivity index (χ4v) is 4.23. The van der Waals surface area contributed by atoms with Gasteiger partial charge in [0.25, 0.3) is 0 Å². The van der Waals surface area contributed by atoms with Crippen LogP contribution < -0.4 is 15.1 Å². The van der Waals surface area contributed by atoms with Gasteiger partial charge in [-0.1, -0.05) is 18.2 Å². The van der Waals surface area contributed by atoms with Crippen molar-refractivity contribution in [3.63, 3.8) is 0 Å². The number of para-hydroxylation sites is 1. The highest BCUT2D eigenvalue weighted by Gasteiger charge is 2.25. The third-order valence-electron chi connectivity index (χ3n) is 5.70. The van der Waals surface area contributed by atoms with Crippen LogP contribution in [-0.2, 0) is 6.42 Å². The maximum absolute atomic E-state index is 4.95. The van der Waals surface area contributed by atoms with Gasteiger partial charge in [0.15, 0.2) is 5.96 Å². The third-order valence-corrected chi connectivity index (χ3v) is 5.70. The van der Waals surface area contributed by atoms with E-state index in [0.717, 1.165) is 64.1 Å². The normalized spacial score (nSPS) is 19.4. The van der Waals surface area contributed by atoms with Crippen molar-refractivity contribution in [2.24, 2.45) is 4.99 Å². The second-order valence-electron chi connectivity index (χ2n) is 7.63. The number of aromatic nitrogens is 2. The zero-order chi connectivity index (χ0) is 20.1. The molecule has 7 heteroatoms. The fourth-order valence-electron chi connectivity index (χ4n) is 4.23.